The summed E-state index contributed by atoms with van der Waals surface area (Å²) in [5, 5.41) is 14.4. The minimum Gasteiger partial charge on any atom is -0.335 e. The van der Waals surface area contributed by atoms with Crippen LogP contribution in [0.15, 0.2) is 6.07 Å². The molecule has 1 atom stereocenters. The van der Waals surface area contributed by atoms with Gasteiger partial charge in [-0.1, -0.05) is 0 Å². The third-order valence-electron chi connectivity index (χ3n) is 5.31. The van der Waals surface area contributed by atoms with Gasteiger partial charge in [0.15, 0.2) is 0 Å². The summed E-state index contributed by atoms with van der Waals surface area (Å²) >= 11 is 0. The topological polar surface area (TPSA) is 71.0 Å². The van der Waals surface area contributed by atoms with Crippen LogP contribution in [0.25, 0.3) is 0 Å². The first kappa shape index (κ1) is 18.2. The summed E-state index contributed by atoms with van der Waals surface area (Å²) in [6.07, 6.45) is 4.34. The van der Waals surface area contributed by atoms with Crippen LogP contribution in [0.1, 0.15) is 72.0 Å². The maximum absolute atomic E-state index is 12.6. The molecule has 1 aromatic heterocycles. The Hall–Kier alpha value is -1.56. The average Bonchev–Trinajstić information content (AvgIpc) is 3.19. The third kappa shape index (κ3) is 4.54. The molecule has 25 heavy (non-hydrogen) atoms. The molecular formula is C19H33N5O. The van der Waals surface area contributed by atoms with Crippen LogP contribution in [0, 0.1) is 12.8 Å². The van der Waals surface area contributed by atoms with Gasteiger partial charge in [-0.25, -0.2) is 9.48 Å². The number of aryl methyl sites for hydroxylation is 1. The molecule has 3 rings (SSSR count). The SMILES string of the molecule is Cc1cc(NC(=O)NC2CC(C)(C)NC(C)(C)C2)n([C@@H](C)C2CC2)n1. The fraction of sp³-hybridized carbons (Fsp3) is 0.789. The van der Waals surface area contributed by atoms with E-state index in [-0.39, 0.29) is 23.2 Å². The van der Waals surface area contributed by atoms with Crippen LogP contribution in [0.4, 0.5) is 10.6 Å². The number of carbonyl (C=O) groups excluding carboxylic acids is 1. The molecule has 0 spiro atoms. The highest BCUT2D eigenvalue weighted by Crippen LogP contribution is 2.40. The molecule has 6 heteroatoms. The monoisotopic (exact) mass is 347 g/mol. The summed E-state index contributed by atoms with van der Waals surface area (Å²) in [4.78, 5) is 12.6. The van der Waals surface area contributed by atoms with Gasteiger partial charge in [0.25, 0.3) is 0 Å². The Labute approximate surface area is 151 Å². The maximum atomic E-state index is 12.6. The van der Waals surface area contributed by atoms with E-state index in [2.05, 4.69) is 55.7 Å². The second-order valence-corrected chi connectivity index (χ2v) is 9.29. The second-order valence-electron chi connectivity index (χ2n) is 9.29. The fourth-order valence-corrected chi connectivity index (χ4v) is 4.46. The molecule has 1 aliphatic heterocycles. The fourth-order valence-electron chi connectivity index (χ4n) is 4.46. The molecule has 2 fully saturated rings. The molecule has 2 aliphatic rings. The maximum Gasteiger partial charge on any atom is 0.320 e. The summed E-state index contributed by atoms with van der Waals surface area (Å²) in [6.45, 7) is 12.9. The highest BCUT2D eigenvalue weighted by atomic mass is 16.2. The van der Waals surface area contributed by atoms with Crippen molar-refractivity contribution in [3.05, 3.63) is 11.8 Å². The quantitative estimate of drug-likeness (QED) is 0.779. The van der Waals surface area contributed by atoms with E-state index in [1.165, 1.54) is 12.8 Å². The molecule has 0 unspecified atom stereocenters. The number of piperidine rings is 1. The second kappa shape index (κ2) is 6.31. The van der Waals surface area contributed by atoms with E-state index in [0.717, 1.165) is 24.4 Å². The molecule has 0 radical (unpaired) electrons. The first-order chi connectivity index (χ1) is 11.5. The summed E-state index contributed by atoms with van der Waals surface area (Å²) in [6, 6.07) is 2.31. The summed E-state index contributed by atoms with van der Waals surface area (Å²) in [5.41, 5.74) is 0.962. The number of amides is 2. The molecule has 1 saturated heterocycles. The predicted molar refractivity (Wildman–Crippen MR) is 101 cm³/mol. The van der Waals surface area contributed by atoms with Crippen molar-refractivity contribution < 1.29 is 4.79 Å². The number of nitrogens with zero attached hydrogens (tertiary/aromatic N) is 2. The van der Waals surface area contributed by atoms with Gasteiger partial charge in [-0.3, -0.25) is 5.32 Å². The molecule has 6 nitrogen and oxygen atoms in total. The zero-order chi connectivity index (χ0) is 18.4. The molecular weight excluding hydrogens is 314 g/mol. The van der Waals surface area contributed by atoms with Gasteiger partial charge in [-0.2, -0.15) is 5.10 Å². The van der Waals surface area contributed by atoms with Crippen molar-refractivity contribution >= 4 is 11.8 Å². The van der Waals surface area contributed by atoms with Gasteiger partial charge in [-0.15, -0.1) is 0 Å². The highest BCUT2D eigenvalue weighted by molar-refractivity contribution is 5.88. The zero-order valence-corrected chi connectivity index (χ0v) is 16.4. The Morgan fingerprint density at radius 3 is 2.44 bits per heavy atom. The molecule has 0 aromatic carbocycles. The average molecular weight is 348 g/mol. The minimum absolute atomic E-state index is 0.0124. The van der Waals surface area contributed by atoms with E-state index in [9.17, 15) is 4.79 Å². The number of carbonyl (C=O) groups is 1. The third-order valence-corrected chi connectivity index (χ3v) is 5.31. The van der Waals surface area contributed by atoms with Crippen LogP contribution in [0.3, 0.4) is 0 Å². The number of urea groups is 1. The number of nitrogens with one attached hydrogen (secondary N) is 3. The van der Waals surface area contributed by atoms with Gasteiger partial charge >= 0.3 is 6.03 Å². The molecule has 2 heterocycles. The van der Waals surface area contributed by atoms with Crippen LogP contribution in [0.2, 0.25) is 0 Å². The molecule has 1 aliphatic carbocycles. The van der Waals surface area contributed by atoms with E-state index in [1.54, 1.807) is 0 Å². The number of anilines is 1. The van der Waals surface area contributed by atoms with E-state index in [4.69, 9.17) is 0 Å². The number of hydrogen-bond acceptors (Lipinski definition) is 3. The Balaban J connectivity index is 1.65. The molecule has 0 bridgehead atoms. The van der Waals surface area contributed by atoms with Crippen molar-refractivity contribution in [1.29, 1.82) is 0 Å². The molecule has 140 valence electrons. The lowest BCUT2D eigenvalue weighted by Gasteiger charge is -2.46. The van der Waals surface area contributed by atoms with Crippen LogP contribution in [0.5, 0.6) is 0 Å². The lowest BCUT2D eigenvalue weighted by Crippen LogP contribution is -2.62. The van der Waals surface area contributed by atoms with Crippen molar-refractivity contribution in [2.24, 2.45) is 5.92 Å². The van der Waals surface area contributed by atoms with Crippen molar-refractivity contribution in [3.63, 3.8) is 0 Å². The lowest BCUT2D eigenvalue weighted by atomic mass is 9.80. The summed E-state index contributed by atoms with van der Waals surface area (Å²) in [5.74, 6) is 1.48. The van der Waals surface area contributed by atoms with Gasteiger partial charge < -0.3 is 10.6 Å². The number of aromatic nitrogens is 2. The van der Waals surface area contributed by atoms with E-state index < -0.39 is 0 Å². The first-order valence-electron chi connectivity index (χ1n) is 9.48. The summed E-state index contributed by atoms with van der Waals surface area (Å²) < 4.78 is 1.98. The Morgan fingerprint density at radius 1 is 1.28 bits per heavy atom. The largest absolute Gasteiger partial charge is 0.335 e. The van der Waals surface area contributed by atoms with E-state index >= 15 is 0 Å². The smallest absolute Gasteiger partial charge is 0.320 e. The van der Waals surface area contributed by atoms with Crippen LogP contribution in [-0.4, -0.2) is 32.9 Å². The van der Waals surface area contributed by atoms with Gasteiger partial charge in [-0.05, 0) is 73.1 Å². The Morgan fingerprint density at radius 2 is 1.88 bits per heavy atom. The Bertz CT molecular complexity index is 628. The molecule has 3 N–H and O–H groups in total. The number of hydrogen-bond donors (Lipinski definition) is 3. The zero-order valence-electron chi connectivity index (χ0n) is 16.4. The van der Waals surface area contributed by atoms with Crippen molar-refractivity contribution in [1.82, 2.24) is 20.4 Å². The van der Waals surface area contributed by atoms with Crippen LogP contribution < -0.4 is 16.0 Å². The van der Waals surface area contributed by atoms with E-state index in [0.29, 0.717) is 12.0 Å². The number of rotatable bonds is 4. The first-order valence-corrected chi connectivity index (χ1v) is 9.48. The molecule has 1 aromatic rings. The van der Waals surface area contributed by atoms with Crippen molar-refractivity contribution in [2.45, 2.75) is 90.4 Å². The standard InChI is InChI=1S/C19H33N5O/c1-12-9-16(24(22-12)13(2)14-7-8-14)21-17(25)20-15-10-18(3,4)23-19(5,6)11-15/h9,13-15,23H,7-8,10-11H2,1-6H3,(H2,20,21,25)/t13-/m0/s1. The Kier molecular flexibility index (Phi) is 4.60. The van der Waals surface area contributed by atoms with E-state index in [1.807, 2.05) is 17.7 Å². The van der Waals surface area contributed by atoms with Gasteiger partial charge in [0.1, 0.15) is 5.82 Å². The van der Waals surface area contributed by atoms with Crippen LogP contribution in [-0.2, 0) is 0 Å². The van der Waals surface area contributed by atoms with Crippen molar-refractivity contribution in [2.75, 3.05) is 5.32 Å². The van der Waals surface area contributed by atoms with Crippen LogP contribution >= 0.6 is 0 Å². The predicted octanol–water partition coefficient (Wildman–Crippen LogP) is 3.59. The van der Waals surface area contributed by atoms with Gasteiger partial charge in [0.05, 0.1) is 11.7 Å². The normalized spacial score (nSPS) is 23.9. The minimum atomic E-state index is -0.136. The summed E-state index contributed by atoms with van der Waals surface area (Å²) in [7, 11) is 0. The molecule has 1 saturated carbocycles. The van der Waals surface area contributed by atoms with Crippen molar-refractivity contribution in [3.8, 4) is 0 Å². The lowest BCUT2D eigenvalue weighted by molar-refractivity contribution is 0.149. The van der Waals surface area contributed by atoms with Gasteiger partial charge in [0, 0.05) is 23.2 Å². The highest BCUT2D eigenvalue weighted by Gasteiger charge is 2.38. The van der Waals surface area contributed by atoms with Gasteiger partial charge in [0.2, 0.25) is 0 Å². The molecule has 2 amide bonds.